The molecule has 1 saturated heterocycles. The number of hydrogen-bond donors (Lipinski definition) is 2. The summed E-state index contributed by atoms with van der Waals surface area (Å²) >= 11 is 4.56. The van der Waals surface area contributed by atoms with Crippen molar-refractivity contribution >= 4 is 12.6 Å². The van der Waals surface area contributed by atoms with Gasteiger partial charge >= 0.3 is 0 Å². The van der Waals surface area contributed by atoms with Gasteiger partial charge < -0.3 is 5.32 Å². The molecule has 2 heteroatoms. The highest BCUT2D eigenvalue weighted by Gasteiger charge is 2.26. The van der Waals surface area contributed by atoms with Crippen molar-refractivity contribution in [1.82, 2.24) is 5.32 Å². The molecule has 0 aromatic heterocycles. The summed E-state index contributed by atoms with van der Waals surface area (Å²) in [5.41, 5.74) is 0. The molecule has 0 aromatic rings. The maximum Gasteiger partial charge on any atom is 0.0113 e. The monoisotopic (exact) mass is 159 g/mol. The molecule has 1 aliphatic rings. The van der Waals surface area contributed by atoms with Crippen LogP contribution in [0.4, 0.5) is 0 Å². The Labute approximate surface area is 69.0 Å². The first kappa shape index (κ1) is 8.41. The average Bonchev–Trinajstić information content (AvgIpc) is 1.88. The van der Waals surface area contributed by atoms with Gasteiger partial charge in [-0.15, -0.1) is 0 Å². The molecule has 1 rings (SSSR count). The number of nitrogens with one attached hydrogen (secondary N) is 1. The van der Waals surface area contributed by atoms with Crippen molar-refractivity contribution in [2.24, 2.45) is 5.92 Å². The van der Waals surface area contributed by atoms with Crippen molar-refractivity contribution in [1.29, 1.82) is 0 Å². The first-order valence-corrected chi connectivity index (χ1v) is 4.48. The fourth-order valence-corrected chi connectivity index (χ4v) is 1.68. The van der Waals surface area contributed by atoms with Gasteiger partial charge in [-0.2, -0.15) is 12.6 Å². The summed E-state index contributed by atoms with van der Waals surface area (Å²) in [5, 5.41) is 3.39. The topological polar surface area (TPSA) is 12.0 Å². The molecule has 1 unspecified atom stereocenters. The molecule has 60 valence electrons. The third-order valence-corrected chi connectivity index (χ3v) is 2.66. The minimum absolute atomic E-state index is 0.202. The van der Waals surface area contributed by atoms with Crippen LogP contribution >= 0.6 is 12.6 Å². The zero-order valence-corrected chi connectivity index (χ0v) is 7.75. The molecule has 0 bridgehead atoms. The summed E-state index contributed by atoms with van der Waals surface area (Å²) in [5.74, 6) is 0.754. The van der Waals surface area contributed by atoms with Gasteiger partial charge in [-0.3, -0.25) is 0 Å². The van der Waals surface area contributed by atoms with Crippen molar-refractivity contribution < 1.29 is 0 Å². The number of piperidine rings is 1. The molecule has 1 aliphatic heterocycles. The van der Waals surface area contributed by atoms with Crippen LogP contribution in [0.2, 0.25) is 0 Å². The van der Waals surface area contributed by atoms with E-state index in [1.54, 1.807) is 0 Å². The van der Waals surface area contributed by atoms with Gasteiger partial charge in [0.05, 0.1) is 0 Å². The van der Waals surface area contributed by atoms with Crippen molar-refractivity contribution in [3.05, 3.63) is 0 Å². The van der Waals surface area contributed by atoms with E-state index in [0.717, 1.165) is 12.5 Å². The van der Waals surface area contributed by atoms with Gasteiger partial charge in [0.15, 0.2) is 0 Å². The van der Waals surface area contributed by atoms with Gasteiger partial charge in [-0.25, -0.2) is 0 Å². The van der Waals surface area contributed by atoms with Gasteiger partial charge in [0.25, 0.3) is 0 Å². The lowest BCUT2D eigenvalue weighted by Gasteiger charge is -2.33. The predicted molar refractivity (Wildman–Crippen MR) is 48.7 cm³/mol. The fraction of sp³-hybridized carbons (Fsp3) is 1.00. The van der Waals surface area contributed by atoms with Crippen molar-refractivity contribution in [3.63, 3.8) is 0 Å². The molecule has 0 radical (unpaired) electrons. The molecule has 0 saturated carbocycles. The van der Waals surface area contributed by atoms with E-state index in [1.807, 2.05) is 0 Å². The third kappa shape index (κ3) is 2.17. The Kier molecular flexibility index (Phi) is 2.64. The molecule has 0 spiro atoms. The first-order chi connectivity index (χ1) is 4.61. The van der Waals surface area contributed by atoms with Gasteiger partial charge in [-0.05, 0) is 31.8 Å². The van der Waals surface area contributed by atoms with E-state index >= 15 is 0 Å². The van der Waals surface area contributed by atoms with Crippen LogP contribution in [0, 0.1) is 5.92 Å². The Morgan fingerprint density at radius 2 is 2.20 bits per heavy atom. The molecule has 1 N–H and O–H groups in total. The third-order valence-electron chi connectivity index (χ3n) is 2.30. The van der Waals surface area contributed by atoms with E-state index in [0.29, 0.717) is 0 Å². The SMILES string of the molecule is CC(C)(S)C1CCCNC1. The van der Waals surface area contributed by atoms with E-state index in [2.05, 4.69) is 31.8 Å². The van der Waals surface area contributed by atoms with Crippen molar-refractivity contribution in [2.45, 2.75) is 31.4 Å². The van der Waals surface area contributed by atoms with Gasteiger partial charge in [0, 0.05) is 4.75 Å². The second-order valence-corrected chi connectivity index (χ2v) is 4.85. The van der Waals surface area contributed by atoms with Gasteiger partial charge in [-0.1, -0.05) is 13.8 Å². The molecule has 0 aromatic carbocycles. The summed E-state index contributed by atoms with van der Waals surface area (Å²) < 4.78 is 0.202. The van der Waals surface area contributed by atoms with Crippen LogP contribution in [0.3, 0.4) is 0 Å². The van der Waals surface area contributed by atoms with Crippen molar-refractivity contribution in [2.75, 3.05) is 13.1 Å². The molecular formula is C8H17NS. The van der Waals surface area contributed by atoms with Gasteiger partial charge in [0.2, 0.25) is 0 Å². The maximum absolute atomic E-state index is 4.56. The highest BCUT2D eigenvalue weighted by atomic mass is 32.1. The Balaban J connectivity index is 2.39. The number of thiol groups is 1. The predicted octanol–water partition coefficient (Wildman–Crippen LogP) is 1.69. The van der Waals surface area contributed by atoms with E-state index in [-0.39, 0.29) is 4.75 Å². The Morgan fingerprint density at radius 1 is 1.50 bits per heavy atom. The highest BCUT2D eigenvalue weighted by Crippen LogP contribution is 2.28. The molecule has 1 nitrogen and oxygen atoms in total. The molecule has 1 heterocycles. The first-order valence-electron chi connectivity index (χ1n) is 4.04. The van der Waals surface area contributed by atoms with Crippen LogP contribution in [0.25, 0.3) is 0 Å². The molecule has 10 heavy (non-hydrogen) atoms. The largest absolute Gasteiger partial charge is 0.316 e. The van der Waals surface area contributed by atoms with Crippen LogP contribution in [-0.4, -0.2) is 17.8 Å². The highest BCUT2D eigenvalue weighted by molar-refractivity contribution is 7.81. The zero-order valence-electron chi connectivity index (χ0n) is 6.85. The second-order valence-electron chi connectivity index (χ2n) is 3.70. The Hall–Kier alpha value is 0.310. The Morgan fingerprint density at radius 3 is 2.50 bits per heavy atom. The quantitative estimate of drug-likeness (QED) is 0.555. The molecule has 0 aliphatic carbocycles. The number of rotatable bonds is 1. The number of hydrogen-bond acceptors (Lipinski definition) is 2. The standard InChI is InChI=1S/C8H17NS/c1-8(2,10)7-4-3-5-9-6-7/h7,9-10H,3-6H2,1-2H3. The summed E-state index contributed by atoms with van der Waals surface area (Å²) in [6, 6.07) is 0. The molecular weight excluding hydrogens is 142 g/mol. The van der Waals surface area contributed by atoms with Crippen LogP contribution in [0.15, 0.2) is 0 Å². The maximum atomic E-state index is 4.56. The molecule has 1 fully saturated rings. The summed E-state index contributed by atoms with van der Waals surface area (Å²) in [6.45, 7) is 6.75. The van der Waals surface area contributed by atoms with Crippen molar-refractivity contribution in [3.8, 4) is 0 Å². The lowest BCUT2D eigenvalue weighted by Crippen LogP contribution is -2.39. The average molecular weight is 159 g/mol. The molecule has 0 amide bonds. The lowest BCUT2D eigenvalue weighted by molar-refractivity contribution is 0.323. The van der Waals surface area contributed by atoms with E-state index in [1.165, 1.54) is 19.4 Å². The van der Waals surface area contributed by atoms with E-state index in [4.69, 9.17) is 0 Å². The fourth-order valence-electron chi connectivity index (χ4n) is 1.45. The van der Waals surface area contributed by atoms with Crippen LogP contribution in [0.1, 0.15) is 26.7 Å². The minimum Gasteiger partial charge on any atom is -0.316 e. The van der Waals surface area contributed by atoms with Gasteiger partial charge in [0.1, 0.15) is 0 Å². The molecule has 1 atom stereocenters. The summed E-state index contributed by atoms with van der Waals surface area (Å²) in [6.07, 6.45) is 2.65. The zero-order chi connectivity index (χ0) is 7.61. The van der Waals surface area contributed by atoms with Crippen LogP contribution < -0.4 is 5.32 Å². The van der Waals surface area contributed by atoms with E-state index in [9.17, 15) is 0 Å². The Bertz CT molecular complexity index is 100. The van der Waals surface area contributed by atoms with Crippen LogP contribution in [-0.2, 0) is 0 Å². The smallest absolute Gasteiger partial charge is 0.0113 e. The lowest BCUT2D eigenvalue weighted by atomic mass is 9.88. The normalized spacial score (nSPS) is 28.5. The summed E-state index contributed by atoms with van der Waals surface area (Å²) in [4.78, 5) is 0. The summed E-state index contributed by atoms with van der Waals surface area (Å²) in [7, 11) is 0. The van der Waals surface area contributed by atoms with E-state index < -0.39 is 0 Å². The van der Waals surface area contributed by atoms with Crippen LogP contribution in [0.5, 0.6) is 0 Å². The minimum atomic E-state index is 0.202. The second kappa shape index (κ2) is 3.14.